The summed E-state index contributed by atoms with van der Waals surface area (Å²) in [5, 5.41) is 0.672. The fourth-order valence-electron chi connectivity index (χ4n) is 3.39. The van der Waals surface area contributed by atoms with Gasteiger partial charge in [0.2, 0.25) is 0 Å². The van der Waals surface area contributed by atoms with Crippen LogP contribution in [0.2, 0.25) is 5.02 Å². The molecule has 2 aliphatic rings. The van der Waals surface area contributed by atoms with Crippen molar-refractivity contribution in [3.63, 3.8) is 0 Å². The fraction of sp³-hybridized carbons (Fsp3) is 0.350. The lowest BCUT2D eigenvalue weighted by Crippen LogP contribution is -2.47. The Hall–Kier alpha value is -1.60. The number of carbonyl (C=O) groups is 1. The average Bonchev–Trinajstić information content (AvgIpc) is 2.89. The standard InChI is InChI=1S/C20H19BrClNO4/c21-14-3-8-18-17(13-14)20(26-11-2-12-27-20)19(24)23(18)9-1-10-25-16-6-4-15(22)5-7-16/h3-8,13H,1-2,9-12H2. The van der Waals surface area contributed by atoms with Gasteiger partial charge >= 0.3 is 0 Å². The number of anilines is 1. The van der Waals surface area contributed by atoms with E-state index in [1.165, 1.54) is 0 Å². The molecule has 0 atom stereocenters. The van der Waals surface area contributed by atoms with Crippen LogP contribution in [0.5, 0.6) is 5.75 Å². The molecule has 0 saturated carbocycles. The molecular formula is C20H19BrClNO4. The predicted molar refractivity (Wildman–Crippen MR) is 106 cm³/mol. The van der Waals surface area contributed by atoms with Crippen molar-refractivity contribution in [2.45, 2.75) is 18.6 Å². The van der Waals surface area contributed by atoms with Gasteiger partial charge in [-0.1, -0.05) is 27.5 Å². The van der Waals surface area contributed by atoms with Crippen LogP contribution in [0.3, 0.4) is 0 Å². The molecule has 0 bridgehead atoms. The normalized spacial score (nSPS) is 18.0. The van der Waals surface area contributed by atoms with E-state index in [0.717, 1.165) is 27.9 Å². The smallest absolute Gasteiger partial charge is 0.292 e. The van der Waals surface area contributed by atoms with Crippen LogP contribution in [0.25, 0.3) is 0 Å². The van der Waals surface area contributed by atoms with E-state index in [2.05, 4.69) is 15.9 Å². The van der Waals surface area contributed by atoms with Gasteiger partial charge in [-0.05, 0) is 55.3 Å². The summed E-state index contributed by atoms with van der Waals surface area (Å²) in [5.41, 5.74) is 1.59. The van der Waals surface area contributed by atoms with Crippen LogP contribution in [0.15, 0.2) is 46.9 Å². The quantitative estimate of drug-likeness (QED) is 0.626. The van der Waals surface area contributed by atoms with Gasteiger partial charge in [-0.25, -0.2) is 0 Å². The van der Waals surface area contributed by atoms with Crippen LogP contribution in [-0.4, -0.2) is 32.3 Å². The second kappa shape index (κ2) is 7.80. The number of fused-ring (bicyclic) bond motifs is 2. The van der Waals surface area contributed by atoms with Crippen LogP contribution in [0.1, 0.15) is 18.4 Å². The summed E-state index contributed by atoms with van der Waals surface area (Å²) in [6, 6.07) is 13.0. The zero-order valence-corrected chi connectivity index (χ0v) is 17.0. The van der Waals surface area contributed by atoms with E-state index in [9.17, 15) is 4.79 Å². The zero-order chi connectivity index (χ0) is 18.9. The van der Waals surface area contributed by atoms with Gasteiger partial charge < -0.3 is 19.1 Å². The van der Waals surface area contributed by atoms with Gasteiger partial charge in [0.15, 0.2) is 0 Å². The molecule has 2 aliphatic heterocycles. The molecule has 4 rings (SSSR count). The van der Waals surface area contributed by atoms with Crippen molar-refractivity contribution in [1.82, 2.24) is 0 Å². The summed E-state index contributed by atoms with van der Waals surface area (Å²) in [5.74, 6) is -0.720. The molecule has 0 aliphatic carbocycles. The highest BCUT2D eigenvalue weighted by Crippen LogP contribution is 2.46. The lowest BCUT2D eigenvalue weighted by molar-refractivity contribution is -0.256. The molecule has 2 aromatic carbocycles. The van der Waals surface area contributed by atoms with Crippen LogP contribution >= 0.6 is 27.5 Å². The molecular weight excluding hydrogens is 434 g/mol. The number of benzene rings is 2. The molecule has 2 heterocycles. The first kappa shape index (κ1) is 18.7. The number of hydrogen-bond acceptors (Lipinski definition) is 4. The molecule has 5 nitrogen and oxygen atoms in total. The Labute approximate surface area is 171 Å². The highest BCUT2D eigenvalue weighted by Gasteiger charge is 2.54. The summed E-state index contributed by atoms with van der Waals surface area (Å²) in [7, 11) is 0. The number of rotatable bonds is 5. The Morgan fingerprint density at radius 3 is 2.63 bits per heavy atom. The second-order valence-corrected chi connectivity index (χ2v) is 7.79. The maximum absolute atomic E-state index is 13.2. The summed E-state index contributed by atoms with van der Waals surface area (Å²) in [4.78, 5) is 14.9. The average molecular weight is 453 g/mol. The number of amides is 1. The lowest BCUT2D eigenvalue weighted by Gasteiger charge is -2.32. The van der Waals surface area contributed by atoms with E-state index in [1.54, 1.807) is 17.0 Å². The summed E-state index contributed by atoms with van der Waals surface area (Å²) < 4.78 is 18.3. The molecule has 2 aromatic rings. The molecule has 27 heavy (non-hydrogen) atoms. The molecule has 0 N–H and O–H groups in total. The second-order valence-electron chi connectivity index (χ2n) is 6.44. The Morgan fingerprint density at radius 2 is 1.89 bits per heavy atom. The highest BCUT2D eigenvalue weighted by atomic mass is 79.9. The maximum atomic E-state index is 13.2. The Balaban J connectivity index is 1.46. The molecule has 0 aromatic heterocycles. The minimum atomic E-state index is -1.31. The summed E-state index contributed by atoms with van der Waals surface area (Å²) >= 11 is 9.36. The Morgan fingerprint density at radius 1 is 1.15 bits per heavy atom. The number of carbonyl (C=O) groups excluding carboxylic acids is 1. The molecule has 0 radical (unpaired) electrons. The van der Waals surface area contributed by atoms with Gasteiger partial charge in [-0.2, -0.15) is 0 Å². The summed E-state index contributed by atoms with van der Waals surface area (Å²) in [6.07, 6.45) is 1.47. The topological polar surface area (TPSA) is 48.0 Å². The first-order valence-corrected chi connectivity index (χ1v) is 10.1. The maximum Gasteiger partial charge on any atom is 0.292 e. The van der Waals surface area contributed by atoms with Crippen LogP contribution in [-0.2, 0) is 20.1 Å². The number of halogens is 2. The Kier molecular flexibility index (Phi) is 5.41. The van der Waals surface area contributed by atoms with E-state index < -0.39 is 5.79 Å². The van der Waals surface area contributed by atoms with Gasteiger partial charge in [-0.3, -0.25) is 4.79 Å². The number of ether oxygens (including phenoxy) is 3. The molecule has 1 fully saturated rings. The van der Waals surface area contributed by atoms with Crippen LogP contribution in [0, 0.1) is 0 Å². The SMILES string of the molecule is O=C1N(CCCOc2ccc(Cl)cc2)c2ccc(Br)cc2C12OCCCO2. The third-order valence-electron chi connectivity index (χ3n) is 4.64. The first-order valence-electron chi connectivity index (χ1n) is 8.88. The summed E-state index contributed by atoms with van der Waals surface area (Å²) in [6.45, 7) is 2.03. The molecule has 1 spiro atoms. The molecule has 1 saturated heterocycles. The minimum Gasteiger partial charge on any atom is -0.494 e. The molecule has 0 unspecified atom stereocenters. The van der Waals surface area contributed by atoms with Crippen molar-refractivity contribution in [2.24, 2.45) is 0 Å². The third-order valence-corrected chi connectivity index (χ3v) is 5.38. The van der Waals surface area contributed by atoms with Gasteiger partial charge in [0.05, 0.1) is 25.5 Å². The van der Waals surface area contributed by atoms with Gasteiger partial charge in [-0.15, -0.1) is 0 Å². The van der Waals surface area contributed by atoms with E-state index in [0.29, 0.717) is 37.8 Å². The van der Waals surface area contributed by atoms with Gasteiger partial charge in [0.1, 0.15) is 5.75 Å². The van der Waals surface area contributed by atoms with Crippen molar-refractivity contribution in [3.8, 4) is 5.75 Å². The molecule has 1 amide bonds. The zero-order valence-electron chi connectivity index (χ0n) is 14.6. The van der Waals surface area contributed by atoms with Crippen molar-refractivity contribution < 1.29 is 19.0 Å². The van der Waals surface area contributed by atoms with Gasteiger partial charge in [0, 0.05) is 21.6 Å². The fourth-order valence-corrected chi connectivity index (χ4v) is 3.87. The van der Waals surface area contributed by atoms with Crippen LogP contribution in [0.4, 0.5) is 5.69 Å². The largest absolute Gasteiger partial charge is 0.494 e. The number of nitrogens with zero attached hydrogens (tertiary/aromatic N) is 1. The number of hydrogen-bond donors (Lipinski definition) is 0. The van der Waals surface area contributed by atoms with Gasteiger partial charge in [0.25, 0.3) is 11.7 Å². The van der Waals surface area contributed by atoms with Crippen LogP contribution < -0.4 is 9.64 Å². The van der Waals surface area contributed by atoms with E-state index in [-0.39, 0.29) is 5.91 Å². The minimum absolute atomic E-state index is 0.165. The highest BCUT2D eigenvalue weighted by molar-refractivity contribution is 9.10. The predicted octanol–water partition coefficient (Wildman–Crippen LogP) is 4.51. The van der Waals surface area contributed by atoms with Crippen molar-refractivity contribution in [3.05, 3.63) is 57.5 Å². The van der Waals surface area contributed by atoms with Crippen molar-refractivity contribution >= 4 is 39.1 Å². The van der Waals surface area contributed by atoms with E-state index in [1.807, 2.05) is 30.3 Å². The first-order chi connectivity index (χ1) is 13.1. The lowest BCUT2D eigenvalue weighted by atomic mass is 10.1. The molecule has 7 heteroatoms. The molecule has 142 valence electrons. The van der Waals surface area contributed by atoms with E-state index in [4.69, 9.17) is 25.8 Å². The third kappa shape index (κ3) is 3.59. The van der Waals surface area contributed by atoms with Crippen molar-refractivity contribution in [2.75, 3.05) is 31.3 Å². The monoisotopic (exact) mass is 451 g/mol. The van der Waals surface area contributed by atoms with Crippen molar-refractivity contribution in [1.29, 1.82) is 0 Å². The van der Waals surface area contributed by atoms with E-state index >= 15 is 0 Å². The Bertz CT molecular complexity index is 836.